The highest BCUT2D eigenvalue weighted by molar-refractivity contribution is 9.10. The number of benzene rings is 2. The van der Waals surface area contributed by atoms with Crippen LogP contribution in [0.2, 0.25) is 5.02 Å². The van der Waals surface area contributed by atoms with Crippen LogP contribution >= 0.6 is 27.5 Å². The average molecular weight is 432 g/mol. The maximum absolute atomic E-state index is 12.6. The van der Waals surface area contributed by atoms with Crippen molar-refractivity contribution >= 4 is 33.4 Å². The second-order valence-electron chi connectivity index (χ2n) is 6.31. The lowest BCUT2D eigenvalue weighted by Gasteiger charge is -2.26. The summed E-state index contributed by atoms with van der Waals surface area (Å²) >= 11 is 9.36. The molecule has 0 fully saturated rings. The molecule has 0 unspecified atom stereocenters. The first-order chi connectivity index (χ1) is 12.6. The molecular weight excluding hydrogens is 416 g/mol. The molecule has 0 radical (unpaired) electrons. The van der Waals surface area contributed by atoms with Crippen LogP contribution in [0.3, 0.4) is 0 Å². The summed E-state index contributed by atoms with van der Waals surface area (Å²) < 4.78 is 6.57. The molecule has 0 bridgehead atoms. The Morgan fingerprint density at radius 1 is 1.15 bits per heavy atom. The van der Waals surface area contributed by atoms with Crippen molar-refractivity contribution in [2.45, 2.75) is 19.4 Å². The molecule has 0 saturated carbocycles. The van der Waals surface area contributed by atoms with Crippen LogP contribution in [0, 0.1) is 0 Å². The van der Waals surface area contributed by atoms with Crippen molar-refractivity contribution in [2.24, 2.45) is 0 Å². The summed E-state index contributed by atoms with van der Waals surface area (Å²) in [6.07, 6.45) is 1.13. The van der Waals surface area contributed by atoms with E-state index in [2.05, 4.69) is 21.1 Å². The fourth-order valence-electron chi connectivity index (χ4n) is 3.16. The fourth-order valence-corrected chi connectivity index (χ4v) is 3.55. The van der Waals surface area contributed by atoms with E-state index in [9.17, 15) is 4.79 Å². The van der Waals surface area contributed by atoms with E-state index in [-0.39, 0.29) is 5.91 Å². The van der Waals surface area contributed by atoms with Crippen LogP contribution in [0.4, 0.5) is 0 Å². The van der Waals surface area contributed by atoms with Gasteiger partial charge in [-0.15, -0.1) is 0 Å². The predicted molar refractivity (Wildman–Crippen MR) is 104 cm³/mol. The molecule has 1 aliphatic rings. The first-order valence-electron chi connectivity index (χ1n) is 8.36. The zero-order chi connectivity index (χ0) is 18.1. The Bertz CT molecular complexity index is 935. The van der Waals surface area contributed by atoms with Gasteiger partial charge in [0.1, 0.15) is 5.69 Å². The number of amides is 1. The highest BCUT2D eigenvalue weighted by atomic mass is 79.9. The molecule has 0 spiro atoms. The van der Waals surface area contributed by atoms with Crippen LogP contribution in [0.5, 0.6) is 0 Å². The van der Waals surface area contributed by atoms with E-state index >= 15 is 0 Å². The van der Waals surface area contributed by atoms with Crippen molar-refractivity contribution in [1.29, 1.82) is 0 Å². The molecule has 4 nitrogen and oxygen atoms in total. The standard InChI is InChI=1S/C20H16BrClN2O2/c21-15-5-1-13(2-6-15)11-19(25)24-10-9-17-18(12-24)23-26-20(17)14-3-7-16(22)8-4-14/h1-8H,9-12H2. The Kier molecular flexibility index (Phi) is 4.83. The van der Waals surface area contributed by atoms with E-state index in [4.69, 9.17) is 16.1 Å². The zero-order valence-electron chi connectivity index (χ0n) is 13.9. The Morgan fingerprint density at radius 2 is 1.88 bits per heavy atom. The van der Waals surface area contributed by atoms with E-state index in [0.29, 0.717) is 24.5 Å². The van der Waals surface area contributed by atoms with Gasteiger partial charge in [-0.2, -0.15) is 0 Å². The van der Waals surface area contributed by atoms with E-state index < -0.39 is 0 Å². The molecule has 1 aromatic heterocycles. The summed E-state index contributed by atoms with van der Waals surface area (Å²) in [4.78, 5) is 14.5. The molecule has 0 saturated heterocycles. The Labute approximate surface area is 164 Å². The molecule has 3 aromatic rings. The quantitative estimate of drug-likeness (QED) is 0.593. The molecule has 2 heterocycles. The highest BCUT2D eigenvalue weighted by Crippen LogP contribution is 2.31. The maximum atomic E-state index is 12.6. The number of hydrogen-bond donors (Lipinski definition) is 0. The van der Waals surface area contributed by atoms with Gasteiger partial charge in [0.2, 0.25) is 5.91 Å². The minimum atomic E-state index is 0.106. The van der Waals surface area contributed by atoms with Gasteiger partial charge < -0.3 is 9.42 Å². The molecule has 0 aliphatic carbocycles. The van der Waals surface area contributed by atoms with Gasteiger partial charge in [0.25, 0.3) is 0 Å². The van der Waals surface area contributed by atoms with E-state index in [1.807, 2.05) is 53.4 Å². The summed E-state index contributed by atoms with van der Waals surface area (Å²) in [5, 5.41) is 4.89. The number of hydrogen-bond acceptors (Lipinski definition) is 3. The summed E-state index contributed by atoms with van der Waals surface area (Å²) in [5.41, 5.74) is 3.88. The van der Waals surface area contributed by atoms with Crippen LogP contribution in [-0.2, 0) is 24.2 Å². The monoisotopic (exact) mass is 430 g/mol. The van der Waals surface area contributed by atoms with Gasteiger partial charge >= 0.3 is 0 Å². The number of halogens is 2. The van der Waals surface area contributed by atoms with Crippen molar-refractivity contribution in [1.82, 2.24) is 10.1 Å². The predicted octanol–water partition coefficient (Wildman–Crippen LogP) is 4.88. The molecule has 0 atom stereocenters. The van der Waals surface area contributed by atoms with Crippen molar-refractivity contribution < 1.29 is 9.32 Å². The SMILES string of the molecule is O=C(Cc1ccc(Br)cc1)N1CCc2c(noc2-c2ccc(Cl)cc2)C1. The largest absolute Gasteiger partial charge is 0.356 e. The lowest BCUT2D eigenvalue weighted by molar-refractivity contribution is -0.131. The fraction of sp³-hybridized carbons (Fsp3) is 0.200. The Hall–Kier alpha value is -2.11. The number of aromatic nitrogens is 1. The number of nitrogens with zero attached hydrogens (tertiary/aromatic N) is 2. The molecule has 6 heteroatoms. The first kappa shape index (κ1) is 17.3. The maximum Gasteiger partial charge on any atom is 0.227 e. The number of rotatable bonds is 3. The molecule has 1 aliphatic heterocycles. The molecule has 1 amide bonds. The van der Waals surface area contributed by atoms with Crippen molar-refractivity contribution in [2.75, 3.05) is 6.54 Å². The minimum Gasteiger partial charge on any atom is -0.356 e. The first-order valence-corrected chi connectivity index (χ1v) is 9.53. The number of fused-ring (bicyclic) bond motifs is 1. The molecular formula is C20H16BrClN2O2. The minimum absolute atomic E-state index is 0.106. The van der Waals surface area contributed by atoms with Crippen molar-refractivity contribution in [3.63, 3.8) is 0 Å². The summed E-state index contributed by atoms with van der Waals surface area (Å²) in [5.74, 6) is 0.880. The number of carbonyl (C=O) groups is 1. The van der Waals surface area contributed by atoms with Gasteiger partial charge in [-0.1, -0.05) is 44.8 Å². The average Bonchev–Trinajstić information content (AvgIpc) is 3.07. The second-order valence-corrected chi connectivity index (χ2v) is 7.66. The summed E-state index contributed by atoms with van der Waals surface area (Å²) in [6, 6.07) is 15.4. The van der Waals surface area contributed by atoms with Gasteiger partial charge in [-0.05, 0) is 48.4 Å². The Morgan fingerprint density at radius 3 is 2.62 bits per heavy atom. The van der Waals surface area contributed by atoms with Crippen LogP contribution < -0.4 is 0 Å². The van der Waals surface area contributed by atoms with E-state index in [1.54, 1.807) is 0 Å². The van der Waals surface area contributed by atoms with Gasteiger partial charge in [0, 0.05) is 27.2 Å². The third-order valence-corrected chi connectivity index (χ3v) is 5.35. The Balaban J connectivity index is 1.49. The molecule has 26 heavy (non-hydrogen) atoms. The third kappa shape index (κ3) is 3.55. The number of carbonyl (C=O) groups excluding carboxylic acids is 1. The zero-order valence-corrected chi connectivity index (χ0v) is 16.3. The van der Waals surface area contributed by atoms with Crippen LogP contribution in [0.15, 0.2) is 57.5 Å². The molecule has 0 N–H and O–H groups in total. The second kappa shape index (κ2) is 7.25. The van der Waals surface area contributed by atoms with Crippen LogP contribution in [-0.4, -0.2) is 22.5 Å². The lowest BCUT2D eigenvalue weighted by Crippen LogP contribution is -2.36. The molecule has 2 aromatic carbocycles. The normalized spacial score (nSPS) is 13.5. The topological polar surface area (TPSA) is 46.3 Å². The van der Waals surface area contributed by atoms with Crippen LogP contribution in [0.1, 0.15) is 16.8 Å². The molecule has 132 valence electrons. The van der Waals surface area contributed by atoms with Gasteiger partial charge in [-0.3, -0.25) is 4.79 Å². The molecule has 4 rings (SSSR count). The van der Waals surface area contributed by atoms with E-state index in [0.717, 1.165) is 39.0 Å². The van der Waals surface area contributed by atoms with Gasteiger partial charge in [0.15, 0.2) is 5.76 Å². The van der Waals surface area contributed by atoms with Gasteiger partial charge in [-0.25, -0.2) is 0 Å². The summed E-state index contributed by atoms with van der Waals surface area (Å²) in [6.45, 7) is 1.16. The third-order valence-electron chi connectivity index (χ3n) is 4.57. The highest BCUT2D eigenvalue weighted by Gasteiger charge is 2.27. The lowest BCUT2D eigenvalue weighted by atomic mass is 10.00. The van der Waals surface area contributed by atoms with Gasteiger partial charge in [0.05, 0.1) is 13.0 Å². The van der Waals surface area contributed by atoms with Crippen molar-refractivity contribution in [3.05, 3.63) is 74.8 Å². The van der Waals surface area contributed by atoms with Crippen molar-refractivity contribution in [3.8, 4) is 11.3 Å². The van der Waals surface area contributed by atoms with E-state index in [1.165, 1.54) is 0 Å². The summed E-state index contributed by atoms with van der Waals surface area (Å²) in [7, 11) is 0. The van der Waals surface area contributed by atoms with Crippen LogP contribution in [0.25, 0.3) is 11.3 Å². The smallest absolute Gasteiger partial charge is 0.227 e.